The average Bonchev–Trinajstić information content (AvgIpc) is 2.77. The van der Waals surface area contributed by atoms with Crippen molar-refractivity contribution >= 4 is 43.5 Å². The van der Waals surface area contributed by atoms with E-state index in [4.69, 9.17) is 14.7 Å². The van der Waals surface area contributed by atoms with E-state index in [1.54, 1.807) is 37.5 Å². The largest absolute Gasteiger partial charge is 0.493 e. The molecule has 0 atom stereocenters. The zero-order valence-electron chi connectivity index (χ0n) is 16.0. The third-order valence-corrected chi connectivity index (χ3v) is 5.40. The van der Waals surface area contributed by atoms with Crippen molar-refractivity contribution in [2.75, 3.05) is 7.11 Å². The molecule has 0 aliphatic heterocycles. The minimum Gasteiger partial charge on any atom is -0.493 e. The fourth-order valence-corrected chi connectivity index (χ4v) is 3.64. The van der Waals surface area contributed by atoms with Crippen LogP contribution in [0.5, 0.6) is 11.5 Å². The molecule has 3 aromatic carbocycles. The van der Waals surface area contributed by atoms with Crippen molar-refractivity contribution in [3.8, 4) is 23.6 Å². The molecule has 0 aliphatic carbocycles. The van der Waals surface area contributed by atoms with E-state index in [-0.39, 0.29) is 0 Å². The summed E-state index contributed by atoms with van der Waals surface area (Å²) in [6, 6.07) is 22.8. The van der Waals surface area contributed by atoms with Crippen LogP contribution >= 0.6 is 31.9 Å². The quantitative estimate of drug-likeness (QED) is 0.265. The smallest absolute Gasteiger partial charge is 0.175 e. The third-order valence-electron chi connectivity index (χ3n) is 4.28. The molecule has 3 aromatic rings. The Kier molecular flexibility index (Phi) is 7.30. The van der Waals surface area contributed by atoms with Gasteiger partial charge >= 0.3 is 0 Å². The molecule has 4 nitrogen and oxygen atoms in total. The van der Waals surface area contributed by atoms with Crippen molar-refractivity contribution in [3.05, 3.63) is 91.9 Å². The number of halogens is 2. The van der Waals surface area contributed by atoms with E-state index < -0.39 is 0 Å². The van der Waals surface area contributed by atoms with Crippen LogP contribution in [0.2, 0.25) is 0 Å². The van der Waals surface area contributed by atoms with Gasteiger partial charge in [0.15, 0.2) is 11.5 Å². The summed E-state index contributed by atoms with van der Waals surface area (Å²) in [6.07, 6.45) is 1.75. The highest BCUT2D eigenvalue weighted by Crippen LogP contribution is 2.38. The molecule has 0 spiro atoms. The number of hydrogen-bond acceptors (Lipinski definition) is 4. The highest BCUT2D eigenvalue weighted by Gasteiger charge is 2.12. The first-order valence-corrected chi connectivity index (χ1v) is 10.5. The first-order valence-electron chi connectivity index (χ1n) is 8.91. The van der Waals surface area contributed by atoms with Gasteiger partial charge in [0.25, 0.3) is 0 Å². The Bertz CT molecular complexity index is 1170. The SMILES string of the molecule is COc1cc(/C=C(/C#N)c2cccc(C#N)c2)cc(Br)c1OCc1ccc(Br)cc1. The van der Waals surface area contributed by atoms with Crippen LogP contribution in [0.4, 0.5) is 0 Å². The average molecular weight is 524 g/mol. The van der Waals surface area contributed by atoms with Gasteiger partial charge in [-0.05, 0) is 75.1 Å². The van der Waals surface area contributed by atoms with Gasteiger partial charge in [-0.2, -0.15) is 10.5 Å². The number of methoxy groups -OCH3 is 1. The van der Waals surface area contributed by atoms with E-state index in [1.165, 1.54) is 0 Å². The second kappa shape index (κ2) is 10.1. The van der Waals surface area contributed by atoms with E-state index in [1.807, 2.05) is 36.4 Å². The first kappa shape index (κ1) is 21.6. The molecule has 0 bridgehead atoms. The van der Waals surface area contributed by atoms with Crippen LogP contribution in [0.1, 0.15) is 22.3 Å². The number of allylic oxidation sites excluding steroid dienone is 1. The number of nitrogens with zero attached hydrogens (tertiary/aromatic N) is 2. The summed E-state index contributed by atoms with van der Waals surface area (Å²) in [5, 5.41) is 18.7. The lowest BCUT2D eigenvalue weighted by atomic mass is 10.0. The zero-order chi connectivity index (χ0) is 21.5. The van der Waals surface area contributed by atoms with Gasteiger partial charge in [-0.3, -0.25) is 0 Å². The number of ether oxygens (including phenoxy) is 2. The van der Waals surface area contributed by atoms with Crippen LogP contribution in [0.15, 0.2) is 69.6 Å². The molecule has 0 radical (unpaired) electrons. The van der Waals surface area contributed by atoms with Gasteiger partial charge in [-0.25, -0.2) is 0 Å². The Balaban J connectivity index is 1.90. The van der Waals surface area contributed by atoms with Crippen LogP contribution in [-0.2, 0) is 6.61 Å². The summed E-state index contributed by atoms with van der Waals surface area (Å²) in [5.74, 6) is 1.14. The fraction of sp³-hybridized carbons (Fsp3) is 0.0833. The Morgan fingerprint density at radius 3 is 2.47 bits per heavy atom. The van der Waals surface area contributed by atoms with Crippen LogP contribution in [0.25, 0.3) is 11.6 Å². The molecule has 3 rings (SSSR count). The molecular weight excluding hydrogens is 508 g/mol. The maximum Gasteiger partial charge on any atom is 0.175 e. The third kappa shape index (κ3) is 5.30. The monoisotopic (exact) mass is 522 g/mol. The van der Waals surface area contributed by atoms with Crippen LogP contribution < -0.4 is 9.47 Å². The molecule has 0 amide bonds. The zero-order valence-corrected chi connectivity index (χ0v) is 19.2. The molecule has 30 heavy (non-hydrogen) atoms. The van der Waals surface area contributed by atoms with Gasteiger partial charge in [-0.15, -0.1) is 0 Å². The highest BCUT2D eigenvalue weighted by molar-refractivity contribution is 9.10. The van der Waals surface area contributed by atoms with Gasteiger partial charge < -0.3 is 9.47 Å². The molecule has 0 saturated carbocycles. The van der Waals surface area contributed by atoms with Gasteiger partial charge in [0, 0.05) is 4.47 Å². The number of nitriles is 2. The molecule has 6 heteroatoms. The van der Waals surface area contributed by atoms with Crippen LogP contribution in [0.3, 0.4) is 0 Å². The van der Waals surface area contributed by atoms with E-state index in [0.717, 1.165) is 15.6 Å². The molecule has 0 aliphatic rings. The predicted octanol–water partition coefficient (Wildman–Crippen LogP) is 6.74. The number of rotatable bonds is 6. The summed E-state index contributed by atoms with van der Waals surface area (Å²) >= 11 is 6.97. The second-order valence-corrected chi connectivity index (χ2v) is 8.08. The maximum absolute atomic E-state index is 9.61. The summed E-state index contributed by atoms with van der Waals surface area (Å²) < 4.78 is 13.2. The molecule has 148 valence electrons. The van der Waals surface area contributed by atoms with Crippen molar-refractivity contribution in [1.82, 2.24) is 0 Å². The number of benzene rings is 3. The molecule has 0 fully saturated rings. The highest BCUT2D eigenvalue weighted by atomic mass is 79.9. The van der Waals surface area contributed by atoms with Gasteiger partial charge in [0.2, 0.25) is 0 Å². The van der Waals surface area contributed by atoms with E-state index in [0.29, 0.717) is 39.3 Å². The van der Waals surface area contributed by atoms with Crippen LogP contribution in [-0.4, -0.2) is 7.11 Å². The maximum atomic E-state index is 9.61. The fourth-order valence-electron chi connectivity index (χ4n) is 2.80. The summed E-state index contributed by atoms with van der Waals surface area (Å²) in [6.45, 7) is 0.391. The van der Waals surface area contributed by atoms with Gasteiger partial charge in [0.1, 0.15) is 6.61 Å². The topological polar surface area (TPSA) is 66.0 Å². The van der Waals surface area contributed by atoms with E-state index in [2.05, 4.69) is 44.0 Å². The summed E-state index contributed by atoms with van der Waals surface area (Å²) in [4.78, 5) is 0. The Labute approximate surface area is 192 Å². The minimum absolute atomic E-state index is 0.391. The van der Waals surface area contributed by atoms with E-state index >= 15 is 0 Å². The predicted molar refractivity (Wildman–Crippen MR) is 124 cm³/mol. The molecular formula is C24H16Br2N2O2. The summed E-state index contributed by atoms with van der Waals surface area (Å²) in [5.41, 5.74) is 3.43. The van der Waals surface area contributed by atoms with Crippen molar-refractivity contribution in [3.63, 3.8) is 0 Å². The van der Waals surface area contributed by atoms with E-state index in [9.17, 15) is 5.26 Å². The van der Waals surface area contributed by atoms with Gasteiger partial charge in [0.05, 0.1) is 34.9 Å². The lowest BCUT2D eigenvalue weighted by Gasteiger charge is -2.14. The van der Waals surface area contributed by atoms with Crippen molar-refractivity contribution < 1.29 is 9.47 Å². The summed E-state index contributed by atoms with van der Waals surface area (Å²) in [7, 11) is 1.57. The van der Waals surface area contributed by atoms with Crippen LogP contribution in [0, 0.1) is 22.7 Å². The van der Waals surface area contributed by atoms with Crippen molar-refractivity contribution in [1.29, 1.82) is 10.5 Å². The Hall–Kier alpha value is -3.06. The Morgan fingerprint density at radius 2 is 1.80 bits per heavy atom. The number of hydrogen-bond donors (Lipinski definition) is 0. The lowest BCUT2D eigenvalue weighted by Crippen LogP contribution is -1.99. The standard InChI is InChI=1S/C24H16Br2N2O2/c1-29-23-12-18(10-20(14-28)19-4-2-3-17(9-19)13-27)11-22(26)24(23)30-15-16-5-7-21(25)8-6-16/h2-12H,15H2,1H3/b20-10-. The van der Waals surface area contributed by atoms with Gasteiger partial charge in [-0.1, -0.05) is 40.2 Å². The molecule has 0 heterocycles. The second-order valence-electron chi connectivity index (χ2n) is 6.31. The lowest BCUT2D eigenvalue weighted by molar-refractivity contribution is 0.282. The Morgan fingerprint density at radius 1 is 1.03 bits per heavy atom. The molecule has 0 unspecified atom stereocenters. The molecule has 0 N–H and O–H groups in total. The van der Waals surface area contributed by atoms with Crippen molar-refractivity contribution in [2.24, 2.45) is 0 Å². The van der Waals surface area contributed by atoms with Crippen molar-refractivity contribution in [2.45, 2.75) is 6.61 Å². The first-order chi connectivity index (χ1) is 14.5. The molecule has 0 saturated heterocycles. The molecule has 0 aromatic heterocycles. The minimum atomic E-state index is 0.391. The normalized spacial score (nSPS) is 10.8.